The van der Waals surface area contributed by atoms with Gasteiger partial charge < -0.3 is 10.4 Å². The van der Waals surface area contributed by atoms with Gasteiger partial charge in [-0.3, -0.25) is 19.9 Å². The van der Waals surface area contributed by atoms with Gasteiger partial charge in [0.15, 0.2) is 0 Å². The molecule has 1 atom stereocenters. The lowest BCUT2D eigenvalue weighted by atomic mass is 9.96. The molecule has 0 aliphatic carbocycles. The number of phenolic OH excluding ortho intramolecular Hbond substituents is 1. The van der Waals surface area contributed by atoms with Crippen molar-refractivity contribution in [3.63, 3.8) is 0 Å². The number of rotatable bonds is 5. The second-order valence-corrected chi connectivity index (χ2v) is 5.78. The first-order valence-electron chi connectivity index (χ1n) is 8.11. The van der Waals surface area contributed by atoms with Crippen molar-refractivity contribution in [1.29, 1.82) is 0 Å². The van der Waals surface area contributed by atoms with Crippen molar-refractivity contribution in [2.75, 3.05) is 0 Å². The van der Waals surface area contributed by atoms with Gasteiger partial charge in [-0.15, -0.1) is 0 Å². The molecule has 2 N–H and O–H groups in total. The highest BCUT2D eigenvalue weighted by atomic mass is 16.6. The predicted molar refractivity (Wildman–Crippen MR) is 96.8 cm³/mol. The first-order valence-corrected chi connectivity index (χ1v) is 8.11. The number of aromatic hydroxyl groups is 1. The lowest BCUT2D eigenvalue weighted by Crippen LogP contribution is -2.28. The Hall–Kier alpha value is -3.48. The Morgan fingerprint density at radius 1 is 1.23 bits per heavy atom. The van der Waals surface area contributed by atoms with Crippen LogP contribution in [0.15, 0.2) is 54.7 Å². The number of nitrogens with one attached hydrogen (secondary N) is 1. The first-order chi connectivity index (χ1) is 12.5. The van der Waals surface area contributed by atoms with Crippen LogP contribution in [0.25, 0.3) is 10.9 Å². The van der Waals surface area contributed by atoms with Gasteiger partial charge in [-0.05, 0) is 23.8 Å². The summed E-state index contributed by atoms with van der Waals surface area (Å²) in [5, 5.41) is 25.2. The van der Waals surface area contributed by atoms with E-state index in [0.29, 0.717) is 16.6 Å². The molecule has 1 aromatic heterocycles. The minimum absolute atomic E-state index is 0.0251. The number of phenols is 1. The molecule has 0 aliphatic heterocycles. The maximum Gasteiger partial charge on any atom is 0.269 e. The minimum Gasteiger partial charge on any atom is -0.505 e. The molecule has 7 heteroatoms. The second-order valence-electron chi connectivity index (χ2n) is 5.78. The number of benzene rings is 2. The summed E-state index contributed by atoms with van der Waals surface area (Å²) in [5.41, 5.74) is 1.50. The lowest BCUT2D eigenvalue weighted by Gasteiger charge is -2.21. The molecule has 0 fully saturated rings. The molecule has 0 radical (unpaired) electrons. The molecular formula is C19H17N3O4. The van der Waals surface area contributed by atoms with E-state index in [1.165, 1.54) is 12.1 Å². The van der Waals surface area contributed by atoms with E-state index in [-0.39, 0.29) is 23.8 Å². The fourth-order valence-corrected chi connectivity index (χ4v) is 2.77. The summed E-state index contributed by atoms with van der Waals surface area (Å²) < 4.78 is 0. The van der Waals surface area contributed by atoms with Gasteiger partial charge in [0.1, 0.15) is 11.3 Å². The zero-order valence-corrected chi connectivity index (χ0v) is 14.0. The summed E-state index contributed by atoms with van der Waals surface area (Å²) in [6.07, 6.45) is 1.85. The third-order valence-electron chi connectivity index (χ3n) is 4.15. The highest BCUT2D eigenvalue weighted by Crippen LogP contribution is 2.34. The molecule has 0 saturated heterocycles. The van der Waals surface area contributed by atoms with Crippen molar-refractivity contribution >= 4 is 22.5 Å². The van der Waals surface area contributed by atoms with Gasteiger partial charge >= 0.3 is 0 Å². The number of hydrogen-bond acceptors (Lipinski definition) is 5. The van der Waals surface area contributed by atoms with E-state index in [4.69, 9.17) is 0 Å². The molecule has 132 valence electrons. The summed E-state index contributed by atoms with van der Waals surface area (Å²) in [6.45, 7) is 1.73. The Balaban J connectivity index is 2.10. The number of carbonyl (C=O) groups is 1. The Kier molecular flexibility index (Phi) is 4.79. The van der Waals surface area contributed by atoms with Crippen LogP contribution >= 0.6 is 0 Å². The Morgan fingerprint density at radius 3 is 2.62 bits per heavy atom. The van der Waals surface area contributed by atoms with Gasteiger partial charge in [-0.1, -0.05) is 25.1 Å². The van der Waals surface area contributed by atoms with E-state index in [1.807, 2.05) is 12.1 Å². The SMILES string of the molecule is CCC(=O)NC(c1ccc([N+](=O)[O-])cc1)c1ccc2cccnc2c1O. The minimum atomic E-state index is -0.644. The van der Waals surface area contributed by atoms with Gasteiger partial charge in [0.2, 0.25) is 5.91 Å². The summed E-state index contributed by atoms with van der Waals surface area (Å²) in [6, 6.07) is 12.4. The molecule has 7 nitrogen and oxygen atoms in total. The molecule has 3 aromatic rings. The number of nitro benzene ring substituents is 1. The van der Waals surface area contributed by atoms with Crippen molar-refractivity contribution in [3.05, 3.63) is 76.0 Å². The zero-order chi connectivity index (χ0) is 18.7. The van der Waals surface area contributed by atoms with Crippen LogP contribution < -0.4 is 5.32 Å². The van der Waals surface area contributed by atoms with E-state index in [0.717, 1.165) is 5.39 Å². The Bertz CT molecular complexity index is 970. The molecule has 0 bridgehead atoms. The summed E-state index contributed by atoms with van der Waals surface area (Å²) >= 11 is 0. The summed E-state index contributed by atoms with van der Waals surface area (Å²) in [4.78, 5) is 26.6. The zero-order valence-electron chi connectivity index (χ0n) is 14.0. The molecule has 1 heterocycles. The highest BCUT2D eigenvalue weighted by Gasteiger charge is 2.22. The quantitative estimate of drug-likeness (QED) is 0.541. The van der Waals surface area contributed by atoms with Gasteiger partial charge in [0.05, 0.1) is 11.0 Å². The molecule has 0 spiro atoms. The standard InChI is InChI=1S/C19H17N3O4/c1-2-16(23)21-17(13-5-8-14(9-6-13)22(25)26)15-10-7-12-4-3-11-20-18(12)19(15)24/h3-11,17,24H,2H2,1H3,(H,21,23). The highest BCUT2D eigenvalue weighted by molar-refractivity contribution is 5.86. The molecule has 2 aromatic carbocycles. The van der Waals surface area contributed by atoms with Crippen molar-refractivity contribution in [2.24, 2.45) is 0 Å². The summed E-state index contributed by atoms with van der Waals surface area (Å²) in [5.74, 6) is -0.225. The van der Waals surface area contributed by atoms with Gasteiger partial charge in [0, 0.05) is 35.7 Å². The van der Waals surface area contributed by atoms with Crippen LogP contribution in [0.1, 0.15) is 30.5 Å². The average molecular weight is 351 g/mol. The molecule has 1 unspecified atom stereocenters. The largest absolute Gasteiger partial charge is 0.505 e. The molecule has 26 heavy (non-hydrogen) atoms. The van der Waals surface area contributed by atoms with Crippen LogP contribution in [-0.4, -0.2) is 20.9 Å². The normalized spacial score (nSPS) is 11.9. The van der Waals surface area contributed by atoms with Crippen LogP contribution in [0, 0.1) is 10.1 Å². The molecule has 0 saturated carbocycles. The monoisotopic (exact) mass is 351 g/mol. The molecule has 0 aliphatic rings. The predicted octanol–water partition coefficient (Wildman–Crippen LogP) is 3.46. The van der Waals surface area contributed by atoms with E-state index < -0.39 is 11.0 Å². The van der Waals surface area contributed by atoms with Crippen LogP contribution in [0.2, 0.25) is 0 Å². The van der Waals surface area contributed by atoms with Crippen LogP contribution in [-0.2, 0) is 4.79 Å². The first kappa shape index (κ1) is 17.3. The number of pyridine rings is 1. The van der Waals surface area contributed by atoms with Crippen molar-refractivity contribution < 1.29 is 14.8 Å². The van der Waals surface area contributed by atoms with Crippen LogP contribution in [0.4, 0.5) is 5.69 Å². The third kappa shape index (κ3) is 3.32. The molecular weight excluding hydrogens is 334 g/mol. The van der Waals surface area contributed by atoms with E-state index in [2.05, 4.69) is 10.3 Å². The van der Waals surface area contributed by atoms with Crippen LogP contribution in [0.3, 0.4) is 0 Å². The van der Waals surface area contributed by atoms with Gasteiger partial charge in [-0.25, -0.2) is 0 Å². The maximum atomic E-state index is 12.0. The Morgan fingerprint density at radius 2 is 1.96 bits per heavy atom. The number of nitro groups is 1. The average Bonchev–Trinajstić information content (AvgIpc) is 2.67. The smallest absolute Gasteiger partial charge is 0.269 e. The number of nitrogens with zero attached hydrogens (tertiary/aromatic N) is 2. The lowest BCUT2D eigenvalue weighted by molar-refractivity contribution is -0.384. The number of non-ortho nitro benzene ring substituents is 1. The topological polar surface area (TPSA) is 105 Å². The molecule has 3 rings (SSSR count). The van der Waals surface area contributed by atoms with Crippen molar-refractivity contribution in [2.45, 2.75) is 19.4 Å². The van der Waals surface area contributed by atoms with E-state index in [9.17, 15) is 20.0 Å². The van der Waals surface area contributed by atoms with E-state index in [1.54, 1.807) is 37.4 Å². The van der Waals surface area contributed by atoms with Gasteiger partial charge in [0.25, 0.3) is 5.69 Å². The number of aromatic nitrogens is 1. The fraction of sp³-hybridized carbons (Fsp3) is 0.158. The fourth-order valence-electron chi connectivity index (χ4n) is 2.77. The van der Waals surface area contributed by atoms with Gasteiger partial charge in [-0.2, -0.15) is 0 Å². The maximum absolute atomic E-state index is 12.0. The van der Waals surface area contributed by atoms with Crippen molar-refractivity contribution in [3.8, 4) is 5.75 Å². The van der Waals surface area contributed by atoms with Crippen LogP contribution in [0.5, 0.6) is 5.75 Å². The number of hydrogen-bond donors (Lipinski definition) is 2. The number of carbonyl (C=O) groups excluding carboxylic acids is 1. The third-order valence-corrected chi connectivity index (χ3v) is 4.15. The molecule has 1 amide bonds. The van der Waals surface area contributed by atoms with E-state index >= 15 is 0 Å². The van der Waals surface area contributed by atoms with Crippen molar-refractivity contribution in [1.82, 2.24) is 10.3 Å². The number of fused-ring (bicyclic) bond motifs is 1. The number of amides is 1. The Labute approximate surface area is 149 Å². The summed E-state index contributed by atoms with van der Waals surface area (Å²) in [7, 11) is 0. The second kappa shape index (κ2) is 7.18.